The van der Waals surface area contributed by atoms with Crippen molar-refractivity contribution in [3.05, 3.63) is 109 Å². The van der Waals surface area contributed by atoms with Crippen molar-refractivity contribution in [2.24, 2.45) is 25.6 Å². The molecule has 0 aliphatic rings. The molecule has 4 rings (SSSR count). The third-order valence-corrected chi connectivity index (χ3v) is 6.96. The zero-order chi connectivity index (χ0) is 32.2. The Labute approximate surface area is 261 Å². The van der Waals surface area contributed by atoms with Gasteiger partial charge >= 0.3 is 11.9 Å². The van der Waals surface area contributed by atoms with Gasteiger partial charge in [0.15, 0.2) is 0 Å². The molecule has 6 N–H and O–H groups in total. The minimum atomic E-state index is -0.959. The molecule has 2 atom stereocenters. The Hall–Kier alpha value is -4.28. The molecule has 0 fully saturated rings. The Kier molecular flexibility index (Phi) is 16.8. The summed E-state index contributed by atoms with van der Waals surface area (Å²) in [5.74, 6) is -1.92. The number of carbonyl (C=O) groups is 2. The zero-order valence-electron chi connectivity index (χ0n) is 26.1. The summed E-state index contributed by atoms with van der Waals surface area (Å²) in [4.78, 5) is 20.8. The van der Waals surface area contributed by atoms with Crippen LogP contribution in [0, 0.1) is 0 Å². The first-order valence-electron chi connectivity index (χ1n) is 15.2. The predicted molar refractivity (Wildman–Crippen MR) is 170 cm³/mol. The van der Waals surface area contributed by atoms with Crippen LogP contribution in [0.5, 0.6) is 0 Å². The fraction of sp³-hybridized carbons (Fsp3) is 0.412. The van der Waals surface area contributed by atoms with E-state index in [1.165, 1.54) is 38.5 Å². The normalized spacial score (nSPS) is 11.8. The molecule has 0 amide bonds. The quantitative estimate of drug-likeness (QED) is 0.121. The topological polar surface area (TPSA) is 144 Å². The number of carboxylic acid groups (broad SMARTS) is 2. The molecule has 10 heteroatoms. The van der Waals surface area contributed by atoms with Crippen LogP contribution in [-0.2, 0) is 49.6 Å². The molecule has 2 unspecified atom stereocenters. The Bertz CT molecular complexity index is 1240. The van der Waals surface area contributed by atoms with E-state index in [4.69, 9.17) is 21.7 Å². The average Bonchev–Trinajstić information content (AvgIpc) is 3.63. The van der Waals surface area contributed by atoms with Gasteiger partial charge in [-0.2, -0.15) is 0 Å². The first kappa shape index (κ1) is 35.9. The fourth-order valence-electron chi connectivity index (χ4n) is 4.47. The third kappa shape index (κ3) is 15.8. The van der Waals surface area contributed by atoms with E-state index in [2.05, 4.69) is 69.8 Å². The lowest BCUT2D eigenvalue weighted by molar-refractivity contribution is -0.697. The second-order valence-corrected chi connectivity index (χ2v) is 11.0. The van der Waals surface area contributed by atoms with Crippen LogP contribution in [0.4, 0.5) is 0 Å². The van der Waals surface area contributed by atoms with Gasteiger partial charge in [0, 0.05) is 0 Å². The van der Waals surface area contributed by atoms with E-state index in [0.29, 0.717) is 12.8 Å². The maximum Gasteiger partial charge on any atom is 0.320 e. The van der Waals surface area contributed by atoms with E-state index in [9.17, 15) is 9.59 Å². The summed E-state index contributed by atoms with van der Waals surface area (Å²) in [5.41, 5.74) is 12.6. The monoisotopic (exact) mass is 606 g/mol. The molecule has 44 heavy (non-hydrogen) atoms. The minimum absolute atomic E-state index is 0.385. The van der Waals surface area contributed by atoms with Gasteiger partial charge in [0.2, 0.25) is 12.7 Å². The number of unbranched alkanes of at least 4 members (excludes halogenated alkanes) is 5. The molecule has 2 aromatic heterocycles. The molecule has 2 aromatic carbocycles. The highest BCUT2D eigenvalue weighted by atomic mass is 16.4. The predicted octanol–water partition coefficient (Wildman–Crippen LogP) is 3.26. The molecule has 0 saturated carbocycles. The van der Waals surface area contributed by atoms with E-state index < -0.39 is 24.0 Å². The van der Waals surface area contributed by atoms with Crippen LogP contribution in [0.3, 0.4) is 0 Å². The van der Waals surface area contributed by atoms with Crippen molar-refractivity contribution in [1.82, 2.24) is 9.13 Å². The molecule has 0 aliphatic carbocycles. The molecule has 4 aromatic rings. The maximum atomic E-state index is 10.4. The van der Waals surface area contributed by atoms with Crippen LogP contribution in [-0.4, -0.2) is 43.4 Å². The summed E-state index contributed by atoms with van der Waals surface area (Å²) < 4.78 is 8.74. The SMILES string of the molecule is Cn1cc[n+](CCCCCCCC[n+]2ccn(C)c2)c1.NC(Cc1ccccc1)C(=O)O.NC(Cc1ccccc1)C(=O)O. The Morgan fingerprint density at radius 1 is 0.636 bits per heavy atom. The van der Waals surface area contributed by atoms with Crippen molar-refractivity contribution in [2.75, 3.05) is 0 Å². The van der Waals surface area contributed by atoms with Crippen molar-refractivity contribution in [3.8, 4) is 0 Å². The molecule has 0 radical (unpaired) electrons. The number of aryl methyl sites for hydroxylation is 4. The van der Waals surface area contributed by atoms with Crippen LogP contribution in [0.1, 0.15) is 49.7 Å². The van der Waals surface area contributed by atoms with Crippen molar-refractivity contribution >= 4 is 11.9 Å². The Morgan fingerprint density at radius 2 is 0.977 bits per heavy atom. The van der Waals surface area contributed by atoms with Gasteiger partial charge < -0.3 is 21.7 Å². The van der Waals surface area contributed by atoms with Crippen molar-refractivity contribution in [1.29, 1.82) is 0 Å². The van der Waals surface area contributed by atoms with Crippen LogP contribution in [0.25, 0.3) is 0 Å². The molecular weight excluding hydrogens is 556 g/mol. The van der Waals surface area contributed by atoms with Gasteiger partial charge in [-0.3, -0.25) is 9.59 Å². The van der Waals surface area contributed by atoms with Gasteiger partial charge in [0.05, 0.1) is 27.2 Å². The molecular formula is C34H50N6O4+2. The van der Waals surface area contributed by atoms with Crippen LogP contribution >= 0.6 is 0 Å². The average molecular weight is 607 g/mol. The highest BCUT2D eigenvalue weighted by molar-refractivity contribution is 5.73. The lowest BCUT2D eigenvalue weighted by Gasteiger charge is -2.04. The van der Waals surface area contributed by atoms with Crippen LogP contribution in [0.2, 0.25) is 0 Å². The number of aliphatic carboxylic acids is 2. The van der Waals surface area contributed by atoms with E-state index in [1.54, 1.807) is 0 Å². The maximum absolute atomic E-state index is 10.4. The van der Waals surface area contributed by atoms with Gasteiger partial charge in [-0.05, 0) is 49.7 Å². The number of carboxylic acids is 2. The largest absolute Gasteiger partial charge is 0.480 e. The minimum Gasteiger partial charge on any atom is -0.480 e. The molecule has 10 nitrogen and oxygen atoms in total. The van der Waals surface area contributed by atoms with Gasteiger partial charge in [-0.15, -0.1) is 0 Å². The highest BCUT2D eigenvalue weighted by Crippen LogP contribution is 2.06. The number of hydrogen-bond acceptors (Lipinski definition) is 4. The second-order valence-electron chi connectivity index (χ2n) is 11.0. The van der Waals surface area contributed by atoms with Crippen molar-refractivity contribution in [3.63, 3.8) is 0 Å². The summed E-state index contributed by atoms with van der Waals surface area (Å²) in [7, 11) is 4.14. The summed E-state index contributed by atoms with van der Waals surface area (Å²) in [6.45, 7) is 2.31. The summed E-state index contributed by atoms with van der Waals surface area (Å²) in [6, 6.07) is 17.1. The Morgan fingerprint density at radius 3 is 1.27 bits per heavy atom. The number of imidazole rings is 2. The summed E-state index contributed by atoms with van der Waals surface area (Å²) >= 11 is 0. The second kappa shape index (κ2) is 20.6. The van der Waals surface area contributed by atoms with Gasteiger partial charge in [0.25, 0.3) is 0 Å². The summed E-state index contributed by atoms with van der Waals surface area (Å²) in [5, 5.41) is 17.0. The molecule has 0 bridgehead atoms. The lowest BCUT2D eigenvalue weighted by atomic mass is 10.1. The van der Waals surface area contributed by atoms with Gasteiger partial charge in [-0.25, -0.2) is 18.3 Å². The first-order chi connectivity index (χ1) is 21.1. The van der Waals surface area contributed by atoms with Gasteiger partial charge in [0.1, 0.15) is 36.9 Å². The zero-order valence-corrected chi connectivity index (χ0v) is 26.1. The standard InChI is InChI=1S/C16H28N4.2C9H11NO2/c1-17-11-13-19(15-17)9-7-5-3-4-6-8-10-20-14-12-18(2)16-20;2*10-8(9(11)12)6-7-4-2-1-3-5-7/h11-16H,3-10H2,1-2H3;2*1-5,8H,6,10H2,(H,11,12)/q+2;;. The molecule has 0 spiro atoms. The number of benzene rings is 2. The lowest BCUT2D eigenvalue weighted by Crippen LogP contribution is -2.32. The molecule has 2 heterocycles. The van der Waals surface area contributed by atoms with Crippen molar-refractivity contribution < 1.29 is 28.9 Å². The molecule has 0 saturated heterocycles. The molecule has 0 aliphatic heterocycles. The van der Waals surface area contributed by atoms with E-state index >= 15 is 0 Å². The number of hydrogen-bond donors (Lipinski definition) is 4. The number of rotatable bonds is 15. The van der Waals surface area contributed by atoms with Gasteiger partial charge in [-0.1, -0.05) is 73.5 Å². The van der Waals surface area contributed by atoms with Crippen molar-refractivity contribution in [2.45, 2.75) is 76.5 Å². The smallest absolute Gasteiger partial charge is 0.320 e. The van der Waals surface area contributed by atoms with E-state index in [1.807, 2.05) is 60.7 Å². The first-order valence-corrected chi connectivity index (χ1v) is 15.2. The van der Waals surface area contributed by atoms with Crippen LogP contribution < -0.4 is 20.6 Å². The van der Waals surface area contributed by atoms with E-state index in [-0.39, 0.29) is 0 Å². The Balaban J connectivity index is 0.000000244. The highest BCUT2D eigenvalue weighted by Gasteiger charge is 2.11. The van der Waals surface area contributed by atoms with E-state index in [0.717, 1.165) is 24.2 Å². The number of aromatic nitrogens is 4. The summed E-state index contributed by atoms with van der Waals surface area (Å²) in [6.07, 6.45) is 21.6. The number of nitrogens with two attached hydrogens (primary N) is 2. The number of nitrogens with zero attached hydrogens (tertiary/aromatic N) is 4. The molecule has 238 valence electrons. The third-order valence-electron chi connectivity index (χ3n) is 6.96. The van der Waals surface area contributed by atoms with Crippen LogP contribution in [0.15, 0.2) is 98.1 Å². The fourth-order valence-corrected chi connectivity index (χ4v) is 4.47.